The van der Waals surface area contributed by atoms with E-state index in [4.69, 9.17) is 0 Å². The molecule has 3 atom stereocenters. The number of fused-ring (bicyclic) bond motifs is 1. The first-order valence-corrected chi connectivity index (χ1v) is 4.50. The fourth-order valence-electron chi connectivity index (χ4n) is 2.56. The van der Waals surface area contributed by atoms with E-state index >= 15 is 0 Å². The second-order valence-corrected chi connectivity index (χ2v) is 3.79. The number of hydrogen-bond donors (Lipinski definition) is 1. The molecule has 0 spiro atoms. The summed E-state index contributed by atoms with van der Waals surface area (Å²) in [6.07, 6.45) is 4.53. The lowest BCUT2D eigenvalue weighted by molar-refractivity contribution is -0.125. The highest BCUT2D eigenvalue weighted by Gasteiger charge is 2.41. The highest BCUT2D eigenvalue weighted by Crippen LogP contribution is 2.39. The van der Waals surface area contributed by atoms with Crippen LogP contribution < -0.4 is 0 Å². The van der Waals surface area contributed by atoms with E-state index in [1.165, 1.54) is 0 Å². The molecule has 62 valence electrons. The Bertz CT molecular complexity index is 176. The van der Waals surface area contributed by atoms with Gasteiger partial charge in [0.2, 0.25) is 0 Å². The lowest BCUT2D eigenvalue weighted by atomic mass is 9.79. The van der Waals surface area contributed by atoms with Crippen molar-refractivity contribution in [3.05, 3.63) is 0 Å². The van der Waals surface area contributed by atoms with E-state index in [-0.39, 0.29) is 12.0 Å². The van der Waals surface area contributed by atoms with E-state index in [0.29, 0.717) is 18.1 Å². The van der Waals surface area contributed by atoms with Gasteiger partial charge < -0.3 is 5.11 Å². The number of ketones is 1. The minimum atomic E-state index is -0.316. The molecule has 0 saturated heterocycles. The summed E-state index contributed by atoms with van der Waals surface area (Å²) < 4.78 is 0. The maximum atomic E-state index is 11.3. The molecular weight excluding hydrogens is 140 g/mol. The first-order chi connectivity index (χ1) is 5.29. The molecular formula is C9H14O2. The third kappa shape index (κ3) is 1.09. The first kappa shape index (κ1) is 7.29. The summed E-state index contributed by atoms with van der Waals surface area (Å²) >= 11 is 0. The van der Waals surface area contributed by atoms with E-state index in [9.17, 15) is 9.90 Å². The zero-order valence-corrected chi connectivity index (χ0v) is 6.62. The van der Waals surface area contributed by atoms with Gasteiger partial charge in [0.1, 0.15) is 5.78 Å². The van der Waals surface area contributed by atoms with Crippen LogP contribution in [-0.4, -0.2) is 17.0 Å². The number of aliphatic hydroxyl groups excluding tert-OH is 1. The highest BCUT2D eigenvalue weighted by atomic mass is 16.3. The molecule has 1 N–H and O–H groups in total. The molecule has 0 aromatic rings. The van der Waals surface area contributed by atoms with Crippen LogP contribution in [0, 0.1) is 11.8 Å². The van der Waals surface area contributed by atoms with Crippen LogP contribution in [-0.2, 0) is 4.79 Å². The lowest BCUT2D eigenvalue weighted by Crippen LogP contribution is -2.32. The highest BCUT2D eigenvalue weighted by molar-refractivity contribution is 5.84. The second kappa shape index (κ2) is 2.59. The smallest absolute Gasteiger partial charge is 0.138 e. The third-order valence-electron chi connectivity index (χ3n) is 3.13. The predicted molar refractivity (Wildman–Crippen MR) is 41.1 cm³/mol. The number of carbonyl (C=O) groups is 1. The zero-order valence-electron chi connectivity index (χ0n) is 6.62. The fraction of sp³-hybridized carbons (Fsp3) is 0.889. The summed E-state index contributed by atoms with van der Waals surface area (Å²) in [6.45, 7) is 0. The van der Waals surface area contributed by atoms with Crippen molar-refractivity contribution in [2.24, 2.45) is 11.8 Å². The largest absolute Gasteiger partial charge is 0.392 e. The topological polar surface area (TPSA) is 37.3 Å². The first-order valence-electron chi connectivity index (χ1n) is 4.50. The standard InChI is InChI=1S/C9H14O2/c10-7-3-1-2-6-4-5-8(11)9(6)7/h6-7,9-10H,1-5H2/t6-,7-,9-/m0/s1. The maximum Gasteiger partial charge on any atom is 0.138 e. The van der Waals surface area contributed by atoms with E-state index < -0.39 is 0 Å². The van der Waals surface area contributed by atoms with Gasteiger partial charge in [-0.1, -0.05) is 6.42 Å². The fourth-order valence-corrected chi connectivity index (χ4v) is 2.56. The SMILES string of the molecule is O=C1CC[C@@H]2CCC[C@H](O)[C@@H]12. The summed E-state index contributed by atoms with van der Waals surface area (Å²) in [5.41, 5.74) is 0. The van der Waals surface area contributed by atoms with E-state index in [1.807, 2.05) is 0 Å². The molecule has 2 nitrogen and oxygen atoms in total. The number of aliphatic hydroxyl groups is 1. The monoisotopic (exact) mass is 154 g/mol. The van der Waals surface area contributed by atoms with Crippen LogP contribution in [0.3, 0.4) is 0 Å². The van der Waals surface area contributed by atoms with Crippen LogP contribution in [0.2, 0.25) is 0 Å². The summed E-state index contributed by atoms with van der Waals surface area (Å²) in [4.78, 5) is 11.3. The molecule has 11 heavy (non-hydrogen) atoms. The number of hydrogen-bond acceptors (Lipinski definition) is 2. The normalized spacial score (nSPS) is 44.1. The van der Waals surface area contributed by atoms with Crippen molar-refractivity contribution in [1.82, 2.24) is 0 Å². The molecule has 0 amide bonds. The quantitative estimate of drug-likeness (QED) is 0.568. The summed E-state index contributed by atoms with van der Waals surface area (Å²) in [5, 5.41) is 9.53. The Hall–Kier alpha value is -0.370. The molecule has 0 bridgehead atoms. The van der Waals surface area contributed by atoms with Crippen molar-refractivity contribution in [2.75, 3.05) is 0 Å². The molecule has 2 rings (SSSR count). The van der Waals surface area contributed by atoms with Crippen LogP contribution >= 0.6 is 0 Å². The van der Waals surface area contributed by atoms with E-state index in [0.717, 1.165) is 25.7 Å². The van der Waals surface area contributed by atoms with Crippen molar-refractivity contribution in [1.29, 1.82) is 0 Å². The minimum Gasteiger partial charge on any atom is -0.392 e. The van der Waals surface area contributed by atoms with Crippen molar-refractivity contribution in [3.63, 3.8) is 0 Å². The van der Waals surface area contributed by atoms with Crippen LogP contribution in [0.25, 0.3) is 0 Å². The minimum absolute atomic E-state index is 0.0174. The Morgan fingerprint density at radius 2 is 2.09 bits per heavy atom. The number of carbonyl (C=O) groups excluding carboxylic acids is 1. The molecule has 0 aromatic carbocycles. The molecule has 2 saturated carbocycles. The van der Waals surface area contributed by atoms with Gasteiger partial charge in [0, 0.05) is 12.3 Å². The molecule has 0 unspecified atom stereocenters. The molecule has 0 aliphatic heterocycles. The van der Waals surface area contributed by atoms with Crippen LogP contribution in [0.15, 0.2) is 0 Å². The Labute approximate surface area is 66.6 Å². The Morgan fingerprint density at radius 3 is 2.82 bits per heavy atom. The zero-order chi connectivity index (χ0) is 7.84. The Balaban J connectivity index is 2.14. The van der Waals surface area contributed by atoms with Gasteiger partial charge in [-0.25, -0.2) is 0 Å². The molecule has 0 heterocycles. The van der Waals surface area contributed by atoms with Crippen LogP contribution in [0.1, 0.15) is 32.1 Å². The van der Waals surface area contributed by atoms with E-state index in [2.05, 4.69) is 0 Å². The average molecular weight is 154 g/mol. The molecule has 2 aliphatic rings. The van der Waals surface area contributed by atoms with Gasteiger partial charge in [-0.15, -0.1) is 0 Å². The van der Waals surface area contributed by atoms with Crippen LogP contribution in [0.4, 0.5) is 0 Å². The van der Waals surface area contributed by atoms with Gasteiger partial charge in [-0.05, 0) is 25.2 Å². The van der Waals surface area contributed by atoms with Crippen molar-refractivity contribution < 1.29 is 9.90 Å². The third-order valence-corrected chi connectivity index (χ3v) is 3.13. The number of Topliss-reactive ketones (excluding diaryl/α,β-unsaturated/α-hetero) is 1. The van der Waals surface area contributed by atoms with Crippen molar-refractivity contribution >= 4 is 5.78 Å². The molecule has 0 aromatic heterocycles. The Kier molecular flexibility index (Phi) is 1.72. The van der Waals surface area contributed by atoms with Gasteiger partial charge in [0.15, 0.2) is 0 Å². The summed E-state index contributed by atoms with van der Waals surface area (Å²) in [7, 11) is 0. The molecule has 2 aliphatic carbocycles. The van der Waals surface area contributed by atoms with Crippen LogP contribution in [0.5, 0.6) is 0 Å². The molecule has 0 radical (unpaired) electrons. The Morgan fingerprint density at radius 1 is 1.27 bits per heavy atom. The van der Waals surface area contributed by atoms with Gasteiger partial charge in [-0.3, -0.25) is 4.79 Å². The second-order valence-electron chi connectivity index (χ2n) is 3.79. The summed E-state index contributed by atoms with van der Waals surface area (Å²) in [6, 6.07) is 0. The van der Waals surface area contributed by atoms with Crippen molar-refractivity contribution in [2.45, 2.75) is 38.2 Å². The maximum absolute atomic E-state index is 11.3. The van der Waals surface area contributed by atoms with Gasteiger partial charge in [0.05, 0.1) is 6.10 Å². The van der Waals surface area contributed by atoms with Crippen molar-refractivity contribution in [3.8, 4) is 0 Å². The molecule has 2 heteroatoms. The van der Waals surface area contributed by atoms with Gasteiger partial charge >= 0.3 is 0 Å². The molecule has 2 fully saturated rings. The average Bonchev–Trinajstić information content (AvgIpc) is 2.34. The van der Waals surface area contributed by atoms with Gasteiger partial charge in [0.25, 0.3) is 0 Å². The predicted octanol–water partition coefficient (Wildman–Crippen LogP) is 1.13. The number of rotatable bonds is 0. The lowest BCUT2D eigenvalue weighted by Gasteiger charge is -2.28. The van der Waals surface area contributed by atoms with E-state index in [1.54, 1.807) is 0 Å². The van der Waals surface area contributed by atoms with Gasteiger partial charge in [-0.2, -0.15) is 0 Å². The summed E-state index contributed by atoms with van der Waals surface area (Å²) in [5.74, 6) is 0.845.